The first-order chi connectivity index (χ1) is 9.97. The summed E-state index contributed by atoms with van der Waals surface area (Å²) in [5.74, 6) is -2.59. The van der Waals surface area contributed by atoms with E-state index in [9.17, 15) is 13.2 Å². The third kappa shape index (κ3) is 2.58. The first kappa shape index (κ1) is 14.5. The molecular formula is C15H9Cl2F3O. The fourth-order valence-corrected chi connectivity index (χ4v) is 3.06. The summed E-state index contributed by atoms with van der Waals surface area (Å²) in [5.41, 5.74) is 0.796. The number of benzene rings is 2. The lowest BCUT2D eigenvalue weighted by molar-refractivity contribution is 0.353. The van der Waals surface area contributed by atoms with Gasteiger partial charge in [-0.3, -0.25) is 0 Å². The summed E-state index contributed by atoms with van der Waals surface area (Å²) in [6, 6.07) is 4.43. The van der Waals surface area contributed by atoms with E-state index in [-0.39, 0.29) is 0 Å². The summed E-state index contributed by atoms with van der Waals surface area (Å²) in [6.45, 7) is 0.459. The van der Waals surface area contributed by atoms with Gasteiger partial charge in [0.1, 0.15) is 23.2 Å². The maximum absolute atomic E-state index is 13.9. The van der Waals surface area contributed by atoms with E-state index in [1.165, 1.54) is 6.07 Å². The van der Waals surface area contributed by atoms with E-state index in [1.807, 2.05) is 0 Å². The lowest BCUT2D eigenvalue weighted by atomic mass is 9.99. The number of rotatable bonds is 2. The largest absolute Gasteiger partial charge is 0.493 e. The Labute approximate surface area is 129 Å². The van der Waals surface area contributed by atoms with Gasteiger partial charge in [0.05, 0.1) is 12.0 Å². The SMILES string of the molecule is Fc1cc(F)c(C(Cl)c2cc(Cl)cc3c2OCC3)c(F)c1. The van der Waals surface area contributed by atoms with Crippen LogP contribution in [0.25, 0.3) is 0 Å². The Morgan fingerprint density at radius 1 is 1.05 bits per heavy atom. The zero-order valence-corrected chi connectivity index (χ0v) is 12.1. The molecule has 1 heterocycles. The number of ether oxygens (including phenoxy) is 1. The Hall–Kier alpha value is -1.39. The smallest absolute Gasteiger partial charge is 0.134 e. The highest BCUT2D eigenvalue weighted by atomic mass is 35.5. The Bertz CT molecular complexity index is 695. The number of hydrogen-bond acceptors (Lipinski definition) is 1. The second-order valence-corrected chi connectivity index (χ2v) is 5.60. The molecule has 1 nitrogen and oxygen atoms in total. The normalized spacial score (nSPS) is 14.7. The van der Waals surface area contributed by atoms with Crippen molar-refractivity contribution in [2.75, 3.05) is 6.61 Å². The number of fused-ring (bicyclic) bond motifs is 1. The van der Waals surface area contributed by atoms with Gasteiger partial charge in [-0.2, -0.15) is 0 Å². The molecule has 0 radical (unpaired) electrons. The molecular weight excluding hydrogens is 324 g/mol. The minimum absolute atomic E-state index is 0.376. The van der Waals surface area contributed by atoms with Gasteiger partial charge in [-0.1, -0.05) is 11.6 Å². The van der Waals surface area contributed by atoms with Crippen LogP contribution in [0.4, 0.5) is 13.2 Å². The van der Waals surface area contributed by atoms with E-state index in [0.717, 1.165) is 5.56 Å². The summed E-state index contributed by atoms with van der Waals surface area (Å²) < 4.78 is 46.2. The minimum Gasteiger partial charge on any atom is -0.493 e. The van der Waals surface area contributed by atoms with E-state index in [1.54, 1.807) is 6.07 Å². The van der Waals surface area contributed by atoms with E-state index in [0.29, 0.717) is 41.5 Å². The minimum atomic E-state index is -1.16. The molecule has 0 saturated heterocycles. The van der Waals surface area contributed by atoms with Crippen molar-refractivity contribution in [2.24, 2.45) is 0 Å². The molecule has 0 spiro atoms. The van der Waals surface area contributed by atoms with Crippen molar-refractivity contribution in [3.05, 3.63) is 63.4 Å². The topological polar surface area (TPSA) is 9.23 Å². The maximum Gasteiger partial charge on any atom is 0.134 e. The number of alkyl halides is 1. The summed E-state index contributed by atoms with van der Waals surface area (Å²) in [4.78, 5) is 0. The Kier molecular flexibility index (Phi) is 3.76. The molecule has 0 aromatic heterocycles. The Morgan fingerprint density at radius 3 is 2.38 bits per heavy atom. The lowest BCUT2D eigenvalue weighted by Gasteiger charge is -2.16. The van der Waals surface area contributed by atoms with Gasteiger partial charge in [-0.15, -0.1) is 11.6 Å². The molecule has 0 saturated carbocycles. The Balaban J connectivity index is 2.14. The molecule has 0 fully saturated rings. The second kappa shape index (κ2) is 5.43. The summed E-state index contributed by atoms with van der Waals surface area (Å²) >= 11 is 12.2. The van der Waals surface area contributed by atoms with Crippen LogP contribution in [-0.2, 0) is 6.42 Å². The fraction of sp³-hybridized carbons (Fsp3) is 0.200. The zero-order chi connectivity index (χ0) is 15.1. The highest BCUT2D eigenvalue weighted by Gasteiger charge is 2.27. The predicted molar refractivity (Wildman–Crippen MR) is 74.7 cm³/mol. The molecule has 6 heteroatoms. The zero-order valence-electron chi connectivity index (χ0n) is 10.6. The van der Waals surface area contributed by atoms with Gasteiger partial charge in [0.25, 0.3) is 0 Å². The second-order valence-electron chi connectivity index (χ2n) is 4.73. The van der Waals surface area contributed by atoms with Crippen molar-refractivity contribution in [1.29, 1.82) is 0 Å². The third-order valence-corrected chi connectivity index (χ3v) is 4.02. The third-order valence-electron chi connectivity index (χ3n) is 3.35. The molecule has 2 aromatic rings. The number of halogens is 5. The summed E-state index contributed by atoms with van der Waals surface area (Å²) in [6.07, 6.45) is 0.654. The van der Waals surface area contributed by atoms with Crippen LogP contribution in [-0.4, -0.2) is 6.61 Å². The Morgan fingerprint density at radius 2 is 1.71 bits per heavy atom. The molecule has 1 atom stereocenters. The molecule has 1 aliphatic heterocycles. The fourth-order valence-electron chi connectivity index (χ4n) is 2.44. The van der Waals surface area contributed by atoms with Crippen molar-refractivity contribution in [2.45, 2.75) is 11.8 Å². The predicted octanol–water partition coefficient (Wildman–Crippen LogP) is 5.02. The molecule has 3 rings (SSSR count). The van der Waals surface area contributed by atoms with Crippen molar-refractivity contribution in [3.63, 3.8) is 0 Å². The monoisotopic (exact) mass is 332 g/mol. The van der Waals surface area contributed by atoms with Crippen LogP contribution in [0.2, 0.25) is 5.02 Å². The molecule has 110 valence electrons. The highest BCUT2D eigenvalue weighted by molar-refractivity contribution is 6.31. The average Bonchev–Trinajstić information content (AvgIpc) is 2.84. The lowest BCUT2D eigenvalue weighted by Crippen LogP contribution is -2.04. The average molecular weight is 333 g/mol. The molecule has 1 aliphatic rings. The van der Waals surface area contributed by atoms with Crippen molar-refractivity contribution in [3.8, 4) is 5.75 Å². The summed E-state index contributed by atoms with van der Waals surface area (Å²) in [7, 11) is 0. The molecule has 1 unspecified atom stereocenters. The quantitative estimate of drug-likeness (QED) is 0.701. The van der Waals surface area contributed by atoms with Gasteiger partial charge in [0, 0.05) is 34.7 Å². The van der Waals surface area contributed by atoms with E-state index in [2.05, 4.69) is 0 Å². The number of hydrogen-bond donors (Lipinski definition) is 0. The molecule has 0 bridgehead atoms. The molecule has 2 aromatic carbocycles. The first-order valence-corrected chi connectivity index (χ1v) is 7.02. The van der Waals surface area contributed by atoms with Crippen LogP contribution in [0.1, 0.15) is 22.1 Å². The van der Waals surface area contributed by atoms with E-state index in [4.69, 9.17) is 27.9 Å². The van der Waals surface area contributed by atoms with E-state index >= 15 is 0 Å². The molecule has 0 N–H and O–H groups in total. The van der Waals surface area contributed by atoms with Gasteiger partial charge >= 0.3 is 0 Å². The van der Waals surface area contributed by atoms with Gasteiger partial charge in [-0.25, -0.2) is 13.2 Å². The first-order valence-electron chi connectivity index (χ1n) is 6.21. The molecule has 21 heavy (non-hydrogen) atoms. The van der Waals surface area contributed by atoms with Crippen LogP contribution in [0, 0.1) is 17.5 Å². The van der Waals surface area contributed by atoms with Crippen molar-refractivity contribution < 1.29 is 17.9 Å². The maximum atomic E-state index is 13.9. The van der Waals surface area contributed by atoms with Gasteiger partial charge in [0.2, 0.25) is 0 Å². The van der Waals surface area contributed by atoms with Gasteiger partial charge in [-0.05, 0) is 17.7 Å². The van der Waals surface area contributed by atoms with Gasteiger partial charge in [0.15, 0.2) is 0 Å². The van der Waals surface area contributed by atoms with Crippen molar-refractivity contribution >= 4 is 23.2 Å². The van der Waals surface area contributed by atoms with Crippen LogP contribution in [0.3, 0.4) is 0 Å². The van der Waals surface area contributed by atoms with Crippen LogP contribution in [0.15, 0.2) is 24.3 Å². The van der Waals surface area contributed by atoms with Crippen LogP contribution >= 0.6 is 23.2 Å². The molecule has 0 amide bonds. The summed E-state index contributed by atoms with van der Waals surface area (Å²) in [5, 5.41) is -0.751. The van der Waals surface area contributed by atoms with Crippen LogP contribution in [0.5, 0.6) is 5.75 Å². The van der Waals surface area contributed by atoms with Gasteiger partial charge < -0.3 is 4.74 Å². The van der Waals surface area contributed by atoms with E-state index < -0.39 is 28.4 Å². The highest BCUT2D eigenvalue weighted by Crippen LogP contribution is 2.42. The van der Waals surface area contributed by atoms with Crippen LogP contribution < -0.4 is 4.74 Å². The van der Waals surface area contributed by atoms with Crippen molar-refractivity contribution in [1.82, 2.24) is 0 Å². The standard InChI is InChI=1S/C15H9Cl2F3O/c16-8-3-7-1-2-21-15(7)10(4-8)14(17)13-11(19)5-9(18)6-12(13)20/h3-6,14H,1-2H2. The molecule has 0 aliphatic carbocycles.